The van der Waals surface area contributed by atoms with E-state index in [0.717, 1.165) is 20.8 Å². The summed E-state index contributed by atoms with van der Waals surface area (Å²) >= 11 is 1.60. The first-order valence-electron chi connectivity index (χ1n) is 9.18. The molecule has 1 heterocycles. The maximum absolute atomic E-state index is 12.5. The lowest BCUT2D eigenvalue weighted by atomic mass is 10.2. The predicted molar refractivity (Wildman–Crippen MR) is 121 cm³/mol. The van der Waals surface area contributed by atoms with E-state index in [2.05, 4.69) is 15.0 Å². The maximum Gasteiger partial charge on any atom is 0.261 e. The molecule has 152 valence electrons. The molecule has 0 radical (unpaired) electrons. The van der Waals surface area contributed by atoms with E-state index >= 15 is 0 Å². The highest BCUT2D eigenvalue weighted by Gasteiger charge is 2.14. The van der Waals surface area contributed by atoms with E-state index in [9.17, 15) is 13.2 Å². The minimum absolute atomic E-state index is 0.183. The number of amides is 1. The Morgan fingerprint density at radius 3 is 2.27 bits per heavy atom. The second kappa shape index (κ2) is 7.89. The molecule has 0 aliphatic carbocycles. The molecule has 2 N–H and O–H groups in total. The topological polar surface area (TPSA) is 88.2 Å². The fraction of sp³-hybridized carbons (Fsp3) is 0.0909. The molecule has 3 aromatic carbocycles. The number of nitrogens with zero attached hydrogens (tertiary/aromatic N) is 1. The Balaban J connectivity index is 1.46. The van der Waals surface area contributed by atoms with Crippen LogP contribution in [-0.2, 0) is 10.0 Å². The molecule has 0 fully saturated rings. The molecule has 1 amide bonds. The molecule has 8 heteroatoms. The van der Waals surface area contributed by atoms with Crippen molar-refractivity contribution >= 4 is 48.9 Å². The van der Waals surface area contributed by atoms with Crippen molar-refractivity contribution in [2.24, 2.45) is 0 Å². The van der Waals surface area contributed by atoms with Crippen LogP contribution >= 0.6 is 11.3 Å². The highest BCUT2D eigenvalue weighted by Crippen LogP contribution is 2.25. The third-order valence-corrected chi connectivity index (χ3v) is 6.83. The van der Waals surface area contributed by atoms with Gasteiger partial charge in [0.2, 0.25) is 0 Å². The van der Waals surface area contributed by atoms with Gasteiger partial charge < -0.3 is 5.32 Å². The number of fused-ring (bicyclic) bond motifs is 1. The molecule has 0 aliphatic heterocycles. The minimum Gasteiger partial charge on any atom is -0.322 e. The fourth-order valence-electron chi connectivity index (χ4n) is 2.94. The zero-order valence-electron chi connectivity index (χ0n) is 16.3. The summed E-state index contributed by atoms with van der Waals surface area (Å²) in [6, 6.07) is 18.5. The third-order valence-electron chi connectivity index (χ3n) is 4.48. The number of thiazole rings is 1. The number of hydrogen-bond acceptors (Lipinski definition) is 5. The SMILES string of the molecule is Cc1ccc(S(=O)(=O)Nc2ccc(C(=O)Nc3ccc4sc(C)nc4c3)cc2)cc1. The van der Waals surface area contributed by atoms with Gasteiger partial charge >= 0.3 is 0 Å². The Labute approximate surface area is 178 Å². The van der Waals surface area contributed by atoms with E-state index in [1.807, 2.05) is 32.0 Å². The number of carbonyl (C=O) groups excluding carboxylic acids is 1. The van der Waals surface area contributed by atoms with Crippen molar-refractivity contribution in [1.29, 1.82) is 0 Å². The summed E-state index contributed by atoms with van der Waals surface area (Å²) in [5.74, 6) is -0.283. The molecule has 4 rings (SSSR count). The molecule has 0 saturated carbocycles. The number of rotatable bonds is 5. The molecule has 0 saturated heterocycles. The molecule has 0 aliphatic rings. The highest BCUT2D eigenvalue weighted by molar-refractivity contribution is 7.92. The van der Waals surface area contributed by atoms with Gasteiger partial charge in [-0.1, -0.05) is 17.7 Å². The van der Waals surface area contributed by atoms with E-state index in [4.69, 9.17) is 0 Å². The molecular formula is C22H19N3O3S2. The van der Waals surface area contributed by atoms with Gasteiger partial charge in [0.05, 0.1) is 20.1 Å². The van der Waals surface area contributed by atoms with Crippen LogP contribution < -0.4 is 10.0 Å². The fourth-order valence-corrected chi connectivity index (χ4v) is 4.81. The summed E-state index contributed by atoms with van der Waals surface area (Å²) in [5.41, 5.74) is 3.28. The van der Waals surface area contributed by atoms with Gasteiger partial charge in [0, 0.05) is 16.9 Å². The number of aryl methyl sites for hydroxylation is 2. The van der Waals surface area contributed by atoms with Crippen LogP contribution in [0, 0.1) is 13.8 Å². The molecule has 30 heavy (non-hydrogen) atoms. The lowest BCUT2D eigenvalue weighted by Crippen LogP contribution is -2.14. The number of anilines is 2. The molecule has 6 nitrogen and oxygen atoms in total. The molecule has 0 unspecified atom stereocenters. The molecule has 4 aromatic rings. The van der Waals surface area contributed by atoms with Crippen molar-refractivity contribution in [1.82, 2.24) is 4.98 Å². The second-order valence-corrected chi connectivity index (χ2v) is 9.78. The Bertz CT molecular complexity index is 1330. The standard InChI is InChI=1S/C22H19N3O3S2/c1-14-3-10-19(11-4-14)30(27,28)25-17-7-5-16(6-8-17)22(26)24-18-9-12-21-20(13-18)23-15(2)29-21/h3-13,25H,1-2H3,(H,24,26). The van der Waals surface area contributed by atoms with Crippen LogP contribution in [0.15, 0.2) is 71.6 Å². The first-order chi connectivity index (χ1) is 14.3. The Morgan fingerprint density at radius 1 is 0.900 bits per heavy atom. The van der Waals surface area contributed by atoms with Gasteiger partial charge in [-0.05, 0) is 68.4 Å². The van der Waals surface area contributed by atoms with Crippen LogP contribution in [-0.4, -0.2) is 19.3 Å². The summed E-state index contributed by atoms with van der Waals surface area (Å²) in [4.78, 5) is 17.2. The summed E-state index contributed by atoms with van der Waals surface area (Å²) in [6.07, 6.45) is 0. The van der Waals surface area contributed by atoms with Gasteiger partial charge in [0.1, 0.15) is 0 Å². The zero-order chi connectivity index (χ0) is 21.3. The number of sulfonamides is 1. The van der Waals surface area contributed by atoms with Crippen LogP contribution in [0.5, 0.6) is 0 Å². The molecular weight excluding hydrogens is 418 g/mol. The monoisotopic (exact) mass is 437 g/mol. The summed E-state index contributed by atoms with van der Waals surface area (Å²) in [6.45, 7) is 3.83. The van der Waals surface area contributed by atoms with E-state index in [0.29, 0.717) is 16.9 Å². The second-order valence-electron chi connectivity index (χ2n) is 6.87. The normalized spacial score (nSPS) is 11.4. The Kier molecular flexibility index (Phi) is 5.27. The van der Waals surface area contributed by atoms with Crippen molar-refractivity contribution in [3.63, 3.8) is 0 Å². The van der Waals surface area contributed by atoms with E-state index in [-0.39, 0.29) is 10.8 Å². The summed E-state index contributed by atoms with van der Waals surface area (Å²) < 4.78 is 28.6. The lowest BCUT2D eigenvalue weighted by Gasteiger charge is -2.09. The van der Waals surface area contributed by atoms with Crippen molar-refractivity contribution in [3.05, 3.63) is 82.9 Å². The van der Waals surface area contributed by atoms with E-state index < -0.39 is 10.0 Å². The molecule has 0 spiro atoms. The van der Waals surface area contributed by atoms with E-state index in [1.54, 1.807) is 59.9 Å². The van der Waals surface area contributed by atoms with Gasteiger partial charge in [-0.3, -0.25) is 9.52 Å². The maximum atomic E-state index is 12.5. The van der Waals surface area contributed by atoms with Crippen LogP contribution in [0.25, 0.3) is 10.2 Å². The van der Waals surface area contributed by atoms with Gasteiger partial charge in [-0.15, -0.1) is 11.3 Å². The van der Waals surface area contributed by atoms with Gasteiger partial charge in [-0.2, -0.15) is 0 Å². The quantitative estimate of drug-likeness (QED) is 0.462. The minimum atomic E-state index is -3.69. The van der Waals surface area contributed by atoms with Gasteiger partial charge in [0.25, 0.3) is 15.9 Å². The van der Waals surface area contributed by atoms with Crippen LogP contribution in [0.1, 0.15) is 20.9 Å². The smallest absolute Gasteiger partial charge is 0.261 e. The first kappa shape index (κ1) is 20.1. The van der Waals surface area contributed by atoms with Gasteiger partial charge in [-0.25, -0.2) is 13.4 Å². The van der Waals surface area contributed by atoms with E-state index in [1.165, 1.54) is 0 Å². The molecule has 0 atom stereocenters. The number of nitrogens with one attached hydrogen (secondary N) is 2. The van der Waals surface area contributed by atoms with Crippen molar-refractivity contribution in [3.8, 4) is 0 Å². The number of hydrogen-bond donors (Lipinski definition) is 2. The Hall–Kier alpha value is -3.23. The average molecular weight is 438 g/mol. The zero-order valence-corrected chi connectivity index (χ0v) is 18.0. The molecule has 1 aromatic heterocycles. The van der Waals surface area contributed by atoms with Crippen molar-refractivity contribution < 1.29 is 13.2 Å². The Morgan fingerprint density at radius 2 is 1.57 bits per heavy atom. The van der Waals surface area contributed by atoms with Gasteiger partial charge in [0.15, 0.2) is 0 Å². The highest BCUT2D eigenvalue weighted by atomic mass is 32.2. The predicted octanol–water partition coefficient (Wildman–Crippen LogP) is 4.97. The first-order valence-corrected chi connectivity index (χ1v) is 11.5. The summed E-state index contributed by atoms with van der Waals surface area (Å²) in [7, 11) is -3.69. The van der Waals surface area contributed by atoms with Crippen LogP contribution in [0.4, 0.5) is 11.4 Å². The number of carbonyl (C=O) groups is 1. The average Bonchev–Trinajstić information content (AvgIpc) is 3.08. The molecule has 0 bridgehead atoms. The largest absolute Gasteiger partial charge is 0.322 e. The lowest BCUT2D eigenvalue weighted by molar-refractivity contribution is 0.102. The third kappa shape index (κ3) is 4.34. The van der Waals surface area contributed by atoms with Crippen molar-refractivity contribution in [2.75, 3.05) is 10.0 Å². The van der Waals surface area contributed by atoms with Crippen LogP contribution in [0.2, 0.25) is 0 Å². The van der Waals surface area contributed by atoms with Crippen LogP contribution in [0.3, 0.4) is 0 Å². The van der Waals surface area contributed by atoms with Crippen molar-refractivity contribution in [2.45, 2.75) is 18.7 Å². The summed E-state index contributed by atoms with van der Waals surface area (Å²) in [5, 5.41) is 3.82. The number of benzene rings is 3. The number of aromatic nitrogens is 1.